The molecule has 164 valence electrons. The lowest BCUT2D eigenvalue weighted by atomic mass is 9.72. The van der Waals surface area contributed by atoms with Gasteiger partial charge in [-0.25, -0.2) is 0 Å². The van der Waals surface area contributed by atoms with E-state index in [9.17, 15) is 9.59 Å². The number of nitrogens with one attached hydrogen (secondary N) is 1. The summed E-state index contributed by atoms with van der Waals surface area (Å²) in [4.78, 5) is 29.6. The van der Waals surface area contributed by atoms with E-state index in [0.717, 1.165) is 30.3 Å². The van der Waals surface area contributed by atoms with Crippen LogP contribution in [0.3, 0.4) is 0 Å². The maximum Gasteiger partial charge on any atom is 0.235 e. The Morgan fingerprint density at radius 1 is 0.903 bits per heavy atom. The Kier molecular flexibility index (Phi) is 6.30. The van der Waals surface area contributed by atoms with Crippen molar-refractivity contribution in [3.05, 3.63) is 60.2 Å². The first kappa shape index (κ1) is 21.4. The minimum atomic E-state index is -0.616. The lowest BCUT2D eigenvalue weighted by Crippen LogP contribution is -2.50. The standard InChI is InChI=1S/C26H33N3O2/c1-20-12-16-29(17-13-20)24-10-8-23(9-11-24)27-25(31)26(22-6-4-3-5-7-22)14-18-28(19-15-26)21(2)30/h3-11,20H,12-19H2,1-2H3,(H,27,31). The number of piperidine rings is 2. The van der Waals surface area contributed by atoms with Crippen molar-refractivity contribution in [2.24, 2.45) is 5.92 Å². The maximum absolute atomic E-state index is 13.6. The summed E-state index contributed by atoms with van der Waals surface area (Å²) in [6.45, 7) is 7.31. The van der Waals surface area contributed by atoms with Crippen molar-refractivity contribution < 1.29 is 9.59 Å². The Morgan fingerprint density at radius 3 is 2.10 bits per heavy atom. The van der Waals surface area contributed by atoms with Crippen molar-refractivity contribution in [1.82, 2.24) is 4.90 Å². The average molecular weight is 420 g/mol. The molecule has 0 unspecified atom stereocenters. The summed E-state index contributed by atoms with van der Waals surface area (Å²) >= 11 is 0. The first-order valence-electron chi connectivity index (χ1n) is 11.5. The Labute approximate surface area is 185 Å². The van der Waals surface area contributed by atoms with E-state index in [1.165, 1.54) is 18.5 Å². The van der Waals surface area contributed by atoms with Crippen molar-refractivity contribution in [3.63, 3.8) is 0 Å². The molecule has 2 fully saturated rings. The van der Waals surface area contributed by atoms with Crippen molar-refractivity contribution in [1.29, 1.82) is 0 Å². The fourth-order valence-corrected chi connectivity index (χ4v) is 4.88. The minimum Gasteiger partial charge on any atom is -0.372 e. The molecule has 0 atom stereocenters. The van der Waals surface area contributed by atoms with Crippen LogP contribution in [0.4, 0.5) is 11.4 Å². The van der Waals surface area contributed by atoms with Gasteiger partial charge in [-0.15, -0.1) is 0 Å². The van der Waals surface area contributed by atoms with E-state index >= 15 is 0 Å². The summed E-state index contributed by atoms with van der Waals surface area (Å²) in [5, 5.41) is 3.17. The lowest BCUT2D eigenvalue weighted by molar-refractivity contribution is -0.133. The highest BCUT2D eigenvalue weighted by molar-refractivity contribution is 5.99. The van der Waals surface area contributed by atoms with Crippen LogP contribution in [-0.4, -0.2) is 42.9 Å². The molecule has 0 aliphatic carbocycles. The first-order chi connectivity index (χ1) is 15.0. The van der Waals surface area contributed by atoms with E-state index in [-0.39, 0.29) is 11.8 Å². The van der Waals surface area contributed by atoms with Gasteiger partial charge in [-0.2, -0.15) is 0 Å². The van der Waals surface area contributed by atoms with Gasteiger partial charge >= 0.3 is 0 Å². The SMILES string of the molecule is CC(=O)N1CCC(C(=O)Nc2ccc(N3CCC(C)CC3)cc2)(c2ccccc2)CC1. The van der Waals surface area contributed by atoms with Crippen LogP contribution in [-0.2, 0) is 15.0 Å². The number of amides is 2. The van der Waals surface area contributed by atoms with Crippen LogP contribution in [0.15, 0.2) is 54.6 Å². The van der Waals surface area contributed by atoms with E-state index in [0.29, 0.717) is 25.9 Å². The third kappa shape index (κ3) is 4.60. The molecule has 0 aromatic heterocycles. The summed E-state index contributed by atoms with van der Waals surface area (Å²) in [6, 6.07) is 18.2. The molecule has 31 heavy (non-hydrogen) atoms. The van der Waals surface area contributed by atoms with Crippen molar-refractivity contribution in [3.8, 4) is 0 Å². The van der Waals surface area contributed by atoms with Gasteiger partial charge in [-0.3, -0.25) is 9.59 Å². The van der Waals surface area contributed by atoms with Gasteiger partial charge in [0.15, 0.2) is 0 Å². The number of hydrogen-bond donors (Lipinski definition) is 1. The summed E-state index contributed by atoms with van der Waals surface area (Å²) < 4.78 is 0. The Balaban J connectivity index is 1.50. The topological polar surface area (TPSA) is 52.7 Å². The predicted molar refractivity (Wildman–Crippen MR) is 125 cm³/mol. The quantitative estimate of drug-likeness (QED) is 0.797. The summed E-state index contributed by atoms with van der Waals surface area (Å²) in [5.74, 6) is 0.893. The van der Waals surface area contributed by atoms with E-state index in [4.69, 9.17) is 0 Å². The largest absolute Gasteiger partial charge is 0.372 e. The van der Waals surface area contributed by atoms with Crippen LogP contribution >= 0.6 is 0 Å². The molecule has 1 N–H and O–H groups in total. The number of carbonyl (C=O) groups is 2. The van der Waals surface area contributed by atoms with Gasteiger partial charge in [0.1, 0.15) is 0 Å². The van der Waals surface area contributed by atoms with Crippen LogP contribution in [0, 0.1) is 5.92 Å². The second-order valence-electron chi connectivity index (χ2n) is 9.12. The molecule has 2 aliphatic rings. The third-order valence-corrected chi connectivity index (χ3v) is 7.10. The fourth-order valence-electron chi connectivity index (χ4n) is 4.88. The summed E-state index contributed by atoms with van der Waals surface area (Å²) in [7, 11) is 0. The number of carbonyl (C=O) groups excluding carboxylic acids is 2. The number of rotatable bonds is 4. The molecule has 0 saturated carbocycles. The Bertz CT molecular complexity index is 894. The van der Waals surface area contributed by atoms with Crippen molar-refractivity contribution in [2.75, 3.05) is 36.4 Å². The smallest absolute Gasteiger partial charge is 0.235 e. The zero-order valence-electron chi connectivity index (χ0n) is 18.6. The minimum absolute atomic E-state index is 0.0152. The van der Waals surface area contributed by atoms with Crippen LogP contribution in [0.2, 0.25) is 0 Å². The highest BCUT2D eigenvalue weighted by atomic mass is 16.2. The Hall–Kier alpha value is -2.82. The second kappa shape index (κ2) is 9.13. The molecule has 5 nitrogen and oxygen atoms in total. The van der Waals surface area contributed by atoms with E-state index in [1.807, 2.05) is 47.4 Å². The summed E-state index contributed by atoms with van der Waals surface area (Å²) in [6.07, 6.45) is 3.73. The Morgan fingerprint density at radius 2 is 1.52 bits per heavy atom. The molecular weight excluding hydrogens is 386 g/mol. The molecular formula is C26H33N3O2. The molecule has 0 radical (unpaired) electrons. The predicted octanol–water partition coefficient (Wildman–Crippen LogP) is 4.44. The van der Waals surface area contributed by atoms with Gasteiger partial charge in [-0.05, 0) is 61.4 Å². The number of benzene rings is 2. The highest BCUT2D eigenvalue weighted by Gasteiger charge is 2.43. The van der Waals surface area contributed by atoms with E-state index < -0.39 is 5.41 Å². The monoisotopic (exact) mass is 419 g/mol. The molecule has 5 heteroatoms. The number of likely N-dealkylation sites (tertiary alicyclic amines) is 1. The fraction of sp³-hybridized carbons (Fsp3) is 0.462. The molecule has 0 bridgehead atoms. The van der Waals surface area contributed by atoms with Gasteiger partial charge < -0.3 is 15.1 Å². The number of anilines is 2. The molecule has 4 rings (SSSR count). The van der Waals surface area contributed by atoms with Gasteiger partial charge in [0, 0.05) is 44.5 Å². The van der Waals surface area contributed by atoms with E-state index in [1.54, 1.807) is 6.92 Å². The molecule has 2 amide bonds. The van der Waals surface area contributed by atoms with E-state index in [2.05, 4.69) is 29.3 Å². The van der Waals surface area contributed by atoms with Crippen molar-refractivity contribution in [2.45, 2.75) is 44.9 Å². The lowest BCUT2D eigenvalue weighted by Gasteiger charge is -2.40. The third-order valence-electron chi connectivity index (χ3n) is 7.10. The highest BCUT2D eigenvalue weighted by Crippen LogP contribution is 2.37. The van der Waals surface area contributed by atoms with Crippen LogP contribution in [0.1, 0.15) is 45.1 Å². The number of hydrogen-bond acceptors (Lipinski definition) is 3. The molecule has 0 spiro atoms. The zero-order chi connectivity index (χ0) is 21.8. The average Bonchev–Trinajstić information content (AvgIpc) is 2.80. The maximum atomic E-state index is 13.6. The van der Waals surface area contributed by atoms with Crippen LogP contribution in [0.25, 0.3) is 0 Å². The van der Waals surface area contributed by atoms with Gasteiger partial charge in [0.2, 0.25) is 11.8 Å². The second-order valence-corrected chi connectivity index (χ2v) is 9.12. The van der Waals surface area contributed by atoms with Gasteiger partial charge in [0.05, 0.1) is 5.41 Å². The zero-order valence-corrected chi connectivity index (χ0v) is 18.6. The number of nitrogens with zero attached hydrogens (tertiary/aromatic N) is 2. The molecule has 2 aromatic carbocycles. The molecule has 2 saturated heterocycles. The van der Waals surface area contributed by atoms with Gasteiger partial charge in [0.25, 0.3) is 0 Å². The molecule has 2 aromatic rings. The molecule has 2 aliphatic heterocycles. The summed E-state index contributed by atoms with van der Waals surface area (Å²) in [5.41, 5.74) is 2.45. The van der Waals surface area contributed by atoms with Gasteiger partial charge in [-0.1, -0.05) is 37.3 Å². The van der Waals surface area contributed by atoms with Crippen LogP contribution < -0.4 is 10.2 Å². The first-order valence-corrected chi connectivity index (χ1v) is 11.5. The molecule has 2 heterocycles. The van der Waals surface area contributed by atoms with Crippen molar-refractivity contribution >= 4 is 23.2 Å². The van der Waals surface area contributed by atoms with Crippen LogP contribution in [0.5, 0.6) is 0 Å². The normalized spacial score (nSPS) is 19.2.